The number of allylic oxidation sites excluding steroid dienone is 1. The summed E-state index contributed by atoms with van der Waals surface area (Å²) in [5.74, 6) is -2.36. The molecule has 0 heterocycles. The lowest BCUT2D eigenvalue weighted by molar-refractivity contribution is 0.314. The van der Waals surface area contributed by atoms with Crippen molar-refractivity contribution in [1.82, 2.24) is 0 Å². The quantitative estimate of drug-likeness (QED) is 0.477. The molecule has 0 bridgehead atoms. The van der Waals surface area contributed by atoms with Crippen LogP contribution in [0.5, 0.6) is 5.75 Å². The second kappa shape index (κ2) is 8.12. The van der Waals surface area contributed by atoms with E-state index in [2.05, 4.69) is 0 Å². The van der Waals surface area contributed by atoms with Crippen LogP contribution in [0.25, 0.3) is 28.3 Å². The summed E-state index contributed by atoms with van der Waals surface area (Å²) in [6.07, 6.45) is 3.48. The Balaban J connectivity index is 1.92. The molecule has 138 valence electrons. The fourth-order valence-electron chi connectivity index (χ4n) is 2.89. The maximum absolute atomic E-state index is 14.4. The molecule has 0 atom stereocenters. The van der Waals surface area contributed by atoms with Crippen molar-refractivity contribution in [2.24, 2.45) is 0 Å². The zero-order chi connectivity index (χ0) is 19.4. The molecular weight excluding hydrogens is 349 g/mol. The average Bonchev–Trinajstić information content (AvgIpc) is 2.68. The van der Waals surface area contributed by atoms with Gasteiger partial charge in [-0.05, 0) is 48.7 Å². The summed E-state index contributed by atoms with van der Waals surface area (Å²) in [7, 11) is 0. The summed E-state index contributed by atoms with van der Waals surface area (Å²) in [6.45, 7) is 3.79. The third kappa shape index (κ3) is 3.90. The van der Waals surface area contributed by atoms with Gasteiger partial charge in [-0.2, -0.15) is 4.39 Å². The molecule has 0 amide bonds. The summed E-state index contributed by atoms with van der Waals surface area (Å²) < 4.78 is 47.6. The first-order valence-corrected chi connectivity index (χ1v) is 8.69. The summed E-state index contributed by atoms with van der Waals surface area (Å²) in [5, 5.41) is 0. The molecule has 3 rings (SSSR count). The molecule has 3 aromatic rings. The zero-order valence-electron chi connectivity index (χ0n) is 15.1. The maximum Gasteiger partial charge on any atom is 0.201 e. The van der Waals surface area contributed by atoms with Gasteiger partial charge >= 0.3 is 0 Å². The van der Waals surface area contributed by atoms with Crippen LogP contribution in [0, 0.1) is 17.5 Å². The van der Waals surface area contributed by atoms with Crippen molar-refractivity contribution in [1.29, 1.82) is 0 Å². The Labute approximate surface area is 156 Å². The number of halogens is 3. The fourth-order valence-corrected chi connectivity index (χ4v) is 2.89. The molecule has 0 saturated heterocycles. The number of ether oxygens (including phenoxy) is 1. The Hall–Kier alpha value is -3.01. The fraction of sp³-hybridized carbons (Fsp3) is 0.130. The summed E-state index contributed by atoms with van der Waals surface area (Å²) >= 11 is 0. The van der Waals surface area contributed by atoms with Crippen molar-refractivity contribution in [2.75, 3.05) is 6.61 Å². The Kier molecular flexibility index (Phi) is 5.65. The van der Waals surface area contributed by atoms with Crippen LogP contribution in [-0.4, -0.2) is 6.61 Å². The average molecular weight is 368 g/mol. The van der Waals surface area contributed by atoms with Gasteiger partial charge in [0.2, 0.25) is 5.82 Å². The first-order valence-electron chi connectivity index (χ1n) is 8.69. The third-order valence-electron chi connectivity index (χ3n) is 4.22. The van der Waals surface area contributed by atoms with Crippen LogP contribution in [0.15, 0.2) is 60.7 Å². The van der Waals surface area contributed by atoms with Crippen molar-refractivity contribution in [2.45, 2.75) is 13.8 Å². The van der Waals surface area contributed by atoms with Gasteiger partial charge in [0.15, 0.2) is 11.6 Å². The van der Waals surface area contributed by atoms with Gasteiger partial charge in [-0.25, -0.2) is 8.78 Å². The molecule has 27 heavy (non-hydrogen) atoms. The minimum absolute atomic E-state index is 0.105. The van der Waals surface area contributed by atoms with Crippen molar-refractivity contribution in [3.05, 3.63) is 83.7 Å². The van der Waals surface area contributed by atoms with E-state index in [1.807, 2.05) is 13.0 Å². The SMILES string of the molecule is C/C=C/c1ccc(-c2ccc(-c3ccc(OCC)c(F)c3F)cc2)cc1F. The molecule has 3 aromatic carbocycles. The van der Waals surface area contributed by atoms with Gasteiger partial charge in [0.1, 0.15) is 5.82 Å². The van der Waals surface area contributed by atoms with Gasteiger partial charge < -0.3 is 4.74 Å². The van der Waals surface area contributed by atoms with Crippen LogP contribution in [0.2, 0.25) is 0 Å². The lowest BCUT2D eigenvalue weighted by Crippen LogP contribution is -1.98. The van der Waals surface area contributed by atoms with E-state index in [1.165, 1.54) is 18.2 Å². The second-order valence-electron chi connectivity index (χ2n) is 5.99. The van der Waals surface area contributed by atoms with Crippen LogP contribution in [0.4, 0.5) is 13.2 Å². The molecule has 0 aliphatic heterocycles. The number of benzene rings is 3. The highest BCUT2D eigenvalue weighted by atomic mass is 19.2. The van der Waals surface area contributed by atoms with E-state index in [-0.39, 0.29) is 23.7 Å². The van der Waals surface area contributed by atoms with Crippen molar-refractivity contribution in [3.63, 3.8) is 0 Å². The smallest absolute Gasteiger partial charge is 0.201 e. The molecule has 0 saturated carbocycles. The molecule has 0 aromatic heterocycles. The lowest BCUT2D eigenvalue weighted by atomic mass is 9.99. The van der Waals surface area contributed by atoms with E-state index in [0.29, 0.717) is 16.7 Å². The first-order chi connectivity index (χ1) is 13.0. The van der Waals surface area contributed by atoms with Crippen LogP contribution in [0.1, 0.15) is 19.4 Å². The molecule has 4 heteroatoms. The normalized spacial score (nSPS) is 11.1. The van der Waals surface area contributed by atoms with E-state index in [4.69, 9.17) is 4.74 Å². The van der Waals surface area contributed by atoms with Gasteiger partial charge in [0.05, 0.1) is 6.61 Å². The Morgan fingerprint density at radius 2 is 1.48 bits per heavy atom. The Morgan fingerprint density at radius 1 is 0.815 bits per heavy atom. The van der Waals surface area contributed by atoms with Crippen LogP contribution in [0.3, 0.4) is 0 Å². The molecule has 0 aliphatic carbocycles. The van der Waals surface area contributed by atoms with Crippen molar-refractivity contribution < 1.29 is 17.9 Å². The lowest BCUT2D eigenvalue weighted by Gasteiger charge is -2.10. The van der Waals surface area contributed by atoms with Gasteiger partial charge in [-0.15, -0.1) is 0 Å². The van der Waals surface area contributed by atoms with Crippen LogP contribution in [-0.2, 0) is 0 Å². The third-order valence-corrected chi connectivity index (χ3v) is 4.22. The molecule has 0 unspecified atom stereocenters. The summed E-state index contributed by atoms with van der Waals surface area (Å²) in [4.78, 5) is 0. The summed E-state index contributed by atoms with van der Waals surface area (Å²) in [6, 6.07) is 14.8. The Bertz CT molecular complexity index is 976. The standard InChI is InChI=1S/C23H19F3O/c1-3-5-17-10-11-18(14-20(17)24)15-6-8-16(9-7-15)19-12-13-21(27-4-2)23(26)22(19)25/h3,5-14H,4H2,1-2H3/b5-3+. The van der Waals surface area contributed by atoms with Gasteiger partial charge in [0, 0.05) is 11.1 Å². The number of hydrogen-bond donors (Lipinski definition) is 0. The monoisotopic (exact) mass is 368 g/mol. The topological polar surface area (TPSA) is 9.23 Å². The number of hydrogen-bond acceptors (Lipinski definition) is 1. The predicted molar refractivity (Wildman–Crippen MR) is 103 cm³/mol. The maximum atomic E-state index is 14.4. The van der Waals surface area contributed by atoms with Crippen LogP contribution < -0.4 is 4.74 Å². The van der Waals surface area contributed by atoms with Crippen molar-refractivity contribution >= 4 is 6.08 Å². The molecular formula is C23H19F3O. The highest BCUT2D eigenvalue weighted by Crippen LogP contribution is 2.31. The van der Waals surface area contributed by atoms with Crippen LogP contribution >= 0.6 is 0 Å². The van der Waals surface area contributed by atoms with E-state index >= 15 is 0 Å². The van der Waals surface area contributed by atoms with Gasteiger partial charge in [0.25, 0.3) is 0 Å². The molecule has 0 fully saturated rings. The second-order valence-corrected chi connectivity index (χ2v) is 5.99. The predicted octanol–water partition coefficient (Wildman–Crippen LogP) is 6.87. The highest BCUT2D eigenvalue weighted by Gasteiger charge is 2.15. The van der Waals surface area contributed by atoms with Gasteiger partial charge in [-0.1, -0.05) is 48.6 Å². The molecule has 0 N–H and O–H groups in total. The van der Waals surface area contributed by atoms with E-state index in [0.717, 1.165) is 5.56 Å². The van der Waals surface area contributed by atoms with Crippen molar-refractivity contribution in [3.8, 4) is 28.0 Å². The molecule has 1 nitrogen and oxygen atoms in total. The highest BCUT2D eigenvalue weighted by molar-refractivity contribution is 5.72. The van der Waals surface area contributed by atoms with E-state index in [9.17, 15) is 13.2 Å². The van der Waals surface area contributed by atoms with E-state index < -0.39 is 11.6 Å². The number of rotatable bonds is 5. The Morgan fingerprint density at radius 3 is 2.11 bits per heavy atom. The minimum atomic E-state index is -1.000. The molecule has 0 radical (unpaired) electrons. The molecule has 0 aliphatic rings. The summed E-state index contributed by atoms with van der Waals surface area (Å²) in [5.41, 5.74) is 2.70. The first kappa shape index (κ1) is 18.8. The van der Waals surface area contributed by atoms with E-state index in [1.54, 1.807) is 49.4 Å². The minimum Gasteiger partial charge on any atom is -0.491 e. The zero-order valence-corrected chi connectivity index (χ0v) is 15.1. The largest absolute Gasteiger partial charge is 0.491 e. The molecule has 0 spiro atoms. The van der Waals surface area contributed by atoms with Gasteiger partial charge in [-0.3, -0.25) is 0 Å².